The first-order valence-corrected chi connectivity index (χ1v) is 14.4. The van der Waals surface area contributed by atoms with Crippen LogP contribution in [-0.2, 0) is 9.84 Å². The third-order valence-electron chi connectivity index (χ3n) is 6.99. The lowest BCUT2D eigenvalue weighted by Gasteiger charge is -2.28. The normalized spacial score (nSPS) is 16.3. The molecule has 0 atom stereocenters. The Balaban J connectivity index is 1.52. The standard InChI is InChI=1S/C28H31FN4O4S/c1-18(2)16-37-21-14-19(13-20(29)15-21)23-8-7-22(27(31-23)33-12-4-9-28(33)10-11-28)24(34)17-38(35,36)26-6-3-5-25(30)32-26/h3,5-8,13-15,18H,4,9-12,16-17H2,1-2H3,(H2,30,32). The lowest BCUT2D eigenvalue weighted by molar-refractivity contribution is 0.102. The van der Waals surface area contributed by atoms with Gasteiger partial charge < -0.3 is 15.4 Å². The average molecular weight is 539 g/mol. The van der Waals surface area contributed by atoms with Gasteiger partial charge in [-0.3, -0.25) is 4.79 Å². The molecule has 2 fully saturated rings. The monoisotopic (exact) mass is 538 g/mol. The zero-order valence-electron chi connectivity index (χ0n) is 21.5. The van der Waals surface area contributed by atoms with Gasteiger partial charge in [-0.2, -0.15) is 0 Å². The van der Waals surface area contributed by atoms with E-state index in [1.165, 1.54) is 30.3 Å². The first-order valence-electron chi connectivity index (χ1n) is 12.8. The largest absolute Gasteiger partial charge is 0.493 e. The smallest absolute Gasteiger partial charge is 0.203 e. The van der Waals surface area contributed by atoms with Gasteiger partial charge in [0.15, 0.2) is 10.8 Å². The summed E-state index contributed by atoms with van der Waals surface area (Å²) in [4.78, 5) is 24.3. The predicted octanol–water partition coefficient (Wildman–Crippen LogP) is 4.69. The third kappa shape index (κ3) is 5.36. The summed E-state index contributed by atoms with van der Waals surface area (Å²) in [6.07, 6.45) is 3.93. The Labute approximate surface area is 222 Å². The van der Waals surface area contributed by atoms with Crippen molar-refractivity contribution in [3.8, 4) is 17.0 Å². The molecule has 1 saturated heterocycles. The van der Waals surface area contributed by atoms with E-state index in [1.807, 2.05) is 13.8 Å². The molecule has 3 heterocycles. The number of ketones is 1. The number of pyridine rings is 2. The fraction of sp³-hybridized carbons (Fsp3) is 0.393. The molecule has 2 N–H and O–H groups in total. The maximum Gasteiger partial charge on any atom is 0.203 e. The van der Waals surface area contributed by atoms with Crippen molar-refractivity contribution >= 4 is 27.3 Å². The molecule has 10 heteroatoms. The molecular weight excluding hydrogens is 507 g/mol. The lowest BCUT2D eigenvalue weighted by atomic mass is 10.1. The number of aromatic nitrogens is 2. The van der Waals surface area contributed by atoms with Crippen molar-refractivity contribution in [3.63, 3.8) is 0 Å². The Kier molecular flexibility index (Phi) is 6.85. The molecule has 5 rings (SSSR count). The third-order valence-corrected chi connectivity index (χ3v) is 8.50. The number of hydrogen-bond donors (Lipinski definition) is 1. The van der Waals surface area contributed by atoms with Gasteiger partial charge in [-0.25, -0.2) is 22.8 Å². The average Bonchev–Trinajstić information content (AvgIpc) is 3.52. The Morgan fingerprint density at radius 1 is 1.13 bits per heavy atom. The van der Waals surface area contributed by atoms with Crippen LogP contribution in [0.4, 0.5) is 16.0 Å². The van der Waals surface area contributed by atoms with Crippen molar-refractivity contribution in [3.05, 3.63) is 59.9 Å². The molecule has 1 aromatic carbocycles. The van der Waals surface area contributed by atoms with E-state index in [1.54, 1.807) is 18.2 Å². The molecule has 8 nitrogen and oxygen atoms in total. The minimum atomic E-state index is -4.02. The Morgan fingerprint density at radius 2 is 1.92 bits per heavy atom. The molecule has 38 heavy (non-hydrogen) atoms. The van der Waals surface area contributed by atoms with Gasteiger partial charge in [0.2, 0.25) is 9.84 Å². The predicted molar refractivity (Wildman–Crippen MR) is 144 cm³/mol. The summed E-state index contributed by atoms with van der Waals surface area (Å²) < 4.78 is 46.2. The van der Waals surface area contributed by atoms with Crippen LogP contribution in [0.3, 0.4) is 0 Å². The highest BCUT2D eigenvalue weighted by Crippen LogP contribution is 2.51. The Morgan fingerprint density at radius 3 is 2.63 bits per heavy atom. The van der Waals surface area contributed by atoms with E-state index < -0.39 is 27.2 Å². The molecule has 3 aromatic rings. The number of nitrogens with zero attached hydrogens (tertiary/aromatic N) is 3. The van der Waals surface area contributed by atoms with E-state index in [9.17, 15) is 17.6 Å². The molecule has 1 aliphatic carbocycles. The Hall–Kier alpha value is -3.53. The minimum absolute atomic E-state index is 0.0531. The second kappa shape index (κ2) is 9.98. The van der Waals surface area contributed by atoms with Gasteiger partial charge >= 0.3 is 0 Å². The van der Waals surface area contributed by atoms with Crippen LogP contribution in [0.2, 0.25) is 0 Å². The summed E-state index contributed by atoms with van der Waals surface area (Å²) in [5.41, 5.74) is 6.82. The van der Waals surface area contributed by atoms with Crippen LogP contribution >= 0.6 is 0 Å². The van der Waals surface area contributed by atoms with Crippen molar-refractivity contribution in [1.29, 1.82) is 0 Å². The van der Waals surface area contributed by atoms with Crippen molar-refractivity contribution in [1.82, 2.24) is 9.97 Å². The number of carbonyl (C=O) groups is 1. The fourth-order valence-corrected chi connectivity index (χ4v) is 6.13. The van der Waals surface area contributed by atoms with E-state index in [2.05, 4.69) is 9.88 Å². The second-order valence-corrected chi connectivity index (χ2v) is 12.4. The van der Waals surface area contributed by atoms with Crippen molar-refractivity contribution in [2.24, 2.45) is 5.92 Å². The van der Waals surface area contributed by atoms with E-state index in [0.717, 1.165) is 25.7 Å². The molecule has 0 bridgehead atoms. The summed E-state index contributed by atoms with van der Waals surface area (Å²) in [7, 11) is -4.02. The number of benzene rings is 1. The quantitative estimate of drug-likeness (QED) is 0.390. The maximum atomic E-state index is 14.5. The van der Waals surface area contributed by atoms with Crippen LogP contribution in [-0.4, -0.2) is 48.6 Å². The van der Waals surface area contributed by atoms with Crippen LogP contribution < -0.4 is 15.4 Å². The van der Waals surface area contributed by atoms with Crippen molar-refractivity contribution < 1.29 is 22.3 Å². The van der Waals surface area contributed by atoms with Gasteiger partial charge in [0, 0.05) is 23.7 Å². The van der Waals surface area contributed by atoms with Crippen LogP contribution in [0.5, 0.6) is 5.75 Å². The molecule has 1 aliphatic heterocycles. The SMILES string of the molecule is CC(C)COc1cc(F)cc(-c2ccc(C(=O)CS(=O)(=O)c3cccc(N)n3)c(N3CCCC34CC4)n2)c1. The number of carbonyl (C=O) groups excluding carboxylic acids is 1. The zero-order valence-corrected chi connectivity index (χ0v) is 22.3. The number of nitrogen functional groups attached to an aromatic ring is 1. The number of nitrogens with two attached hydrogens (primary N) is 1. The van der Waals surface area contributed by atoms with E-state index >= 15 is 0 Å². The van der Waals surface area contributed by atoms with Crippen molar-refractivity contribution in [2.75, 3.05) is 29.5 Å². The highest BCUT2D eigenvalue weighted by Gasteiger charge is 2.52. The fourth-order valence-electron chi connectivity index (χ4n) is 4.95. The van der Waals surface area contributed by atoms with Crippen LogP contribution in [0.25, 0.3) is 11.3 Å². The molecule has 1 saturated carbocycles. The molecule has 0 radical (unpaired) electrons. The molecule has 0 unspecified atom stereocenters. The molecule has 200 valence electrons. The van der Waals surface area contributed by atoms with Gasteiger partial charge in [-0.1, -0.05) is 19.9 Å². The lowest BCUT2D eigenvalue weighted by Crippen LogP contribution is -2.33. The summed E-state index contributed by atoms with van der Waals surface area (Å²) in [6.45, 7) is 5.18. The van der Waals surface area contributed by atoms with Crippen LogP contribution in [0.15, 0.2) is 53.6 Å². The van der Waals surface area contributed by atoms with Gasteiger partial charge in [-0.05, 0) is 68.0 Å². The number of halogens is 1. The van der Waals surface area contributed by atoms with E-state index in [-0.39, 0.29) is 27.9 Å². The number of ether oxygens (including phenoxy) is 1. The van der Waals surface area contributed by atoms with E-state index in [4.69, 9.17) is 15.5 Å². The van der Waals surface area contributed by atoms with Crippen LogP contribution in [0.1, 0.15) is 49.9 Å². The minimum Gasteiger partial charge on any atom is -0.493 e. The van der Waals surface area contributed by atoms with Gasteiger partial charge in [-0.15, -0.1) is 0 Å². The molecular formula is C28H31FN4O4S. The molecule has 0 amide bonds. The van der Waals surface area contributed by atoms with Crippen molar-refractivity contribution in [2.45, 2.75) is 50.1 Å². The highest BCUT2D eigenvalue weighted by molar-refractivity contribution is 7.92. The topological polar surface area (TPSA) is 115 Å². The molecule has 2 aromatic heterocycles. The summed E-state index contributed by atoms with van der Waals surface area (Å²) in [6, 6.07) is 11.9. The highest BCUT2D eigenvalue weighted by atomic mass is 32.2. The maximum absolute atomic E-state index is 14.5. The van der Waals surface area contributed by atoms with Crippen LogP contribution in [0, 0.1) is 11.7 Å². The summed E-state index contributed by atoms with van der Waals surface area (Å²) in [5, 5.41) is -0.245. The zero-order chi connectivity index (χ0) is 27.1. The number of hydrogen-bond acceptors (Lipinski definition) is 8. The van der Waals surface area contributed by atoms with Gasteiger partial charge in [0.25, 0.3) is 0 Å². The van der Waals surface area contributed by atoms with Gasteiger partial charge in [0.05, 0.1) is 17.9 Å². The first-order chi connectivity index (χ1) is 18.1. The van der Waals surface area contributed by atoms with E-state index in [0.29, 0.717) is 36.0 Å². The molecule has 1 spiro atoms. The number of Topliss-reactive ketones (excluding diaryl/α,β-unsaturated/α-hetero) is 1. The number of rotatable bonds is 9. The summed E-state index contributed by atoms with van der Waals surface area (Å²) in [5.74, 6) is -0.613. The second-order valence-electron chi connectivity index (χ2n) is 10.5. The molecule has 2 aliphatic rings. The first kappa shape index (κ1) is 26.1. The number of sulfone groups is 1. The Bertz CT molecular complexity index is 1490. The summed E-state index contributed by atoms with van der Waals surface area (Å²) >= 11 is 0. The number of anilines is 2. The van der Waals surface area contributed by atoms with Gasteiger partial charge in [0.1, 0.15) is 29.0 Å².